The Labute approximate surface area is 139 Å². The van der Waals surface area contributed by atoms with Crippen LogP contribution in [0.25, 0.3) is 0 Å². The summed E-state index contributed by atoms with van der Waals surface area (Å²) in [6, 6.07) is 17.0. The van der Waals surface area contributed by atoms with Gasteiger partial charge in [0.2, 0.25) is 0 Å². The van der Waals surface area contributed by atoms with Gasteiger partial charge < -0.3 is 20.3 Å². The minimum atomic E-state index is -2.39. The van der Waals surface area contributed by atoms with Crippen LogP contribution in [0.1, 0.15) is 26.7 Å². The standard InChI is InChI=1S/C18H26N2O2Si/c1-3-13-23(14-4-2,21-17-9-5-15(19)6-10-17)22-18-11-7-16(20)8-12-18/h5-12H,3-4,13-14,19-20H2,1-2H3. The molecule has 2 aromatic carbocycles. The van der Waals surface area contributed by atoms with Crippen molar-refractivity contribution in [3.8, 4) is 11.5 Å². The molecule has 5 heteroatoms. The second-order valence-corrected chi connectivity index (χ2v) is 8.98. The fraction of sp³-hybridized carbons (Fsp3) is 0.333. The highest BCUT2D eigenvalue weighted by molar-refractivity contribution is 6.68. The number of anilines is 2. The fourth-order valence-electron chi connectivity index (χ4n) is 2.61. The van der Waals surface area contributed by atoms with Crippen molar-refractivity contribution in [1.82, 2.24) is 0 Å². The van der Waals surface area contributed by atoms with Gasteiger partial charge in [0.15, 0.2) is 0 Å². The van der Waals surface area contributed by atoms with Gasteiger partial charge in [-0.2, -0.15) is 0 Å². The summed E-state index contributed by atoms with van der Waals surface area (Å²) < 4.78 is 12.8. The predicted molar refractivity (Wildman–Crippen MR) is 98.9 cm³/mol. The first kappa shape index (κ1) is 17.2. The largest absolute Gasteiger partial charge is 0.512 e. The number of hydrogen-bond acceptors (Lipinski definition) is 4. The molecule has 0 aliphatic rings. The van der Waals surface area contributed by atoms with Gasteiger partial charge in [-0.05, 0) is 48.5 Å². The Bertz CT molecular complexity index is 544. The molecule has 0 saturated heterocycles. The Morgan fingerprint density at radius 1 is 0.696 bits per heavy atom. The first-order valence-electron chi connectivity index (χ1n) is 8.16. The van der Waals surface area contributed by atoms with Crippen LogP contribution < -0.4 is 20.3 Å². The molecular formula is C18H26N2O2Si. The quantitative estimate of drug-likeness (QED) is 0.549. The highest BCUT2D eigenvalue weighted by Crippen LogP contribution is 2.29. The van der Waals surface area contributed by atoms with Gasteiger partial charge in [0.1, 0.15) is 11.5 Å². The SMILES string of the molecule is CCC[Si](CCC)(Oc1ccc(N)cc1)Oc1ccc(N)cc1. The summed E-state index contributed by atoms with van der Waals surface area (Å²) in [5, 5.41) is 0. The van der Waals surface area contributed by atoms with Crippen molar-refractivity contribution < 1.29 is 8.85 Å². The van der Waals surface area contributed by atoms with E-state index in [0.29, 0.717) is 0 Å². The minimum Gasteiger partial charge on any atom is -0.512 e. The van der Waals surface area contributed by atoms with Crippen LogP contribution in [-0.4, -0.2) is 8.56 Å². The monoisotopic (exact) mass is 330 g/mol. The molecule has 0 radical (unpaired) electrons. The molecule has 0 unspecified atom stereocenters. The second-order valence-electron chi connectivity index (χ2n) is 5.75. The summed E-state index contributed by atoms with van der Waals surface area (Å²) in [6.45, 7) is 4.33. The topological polar surface area (TPSA) is 70.5 Å². The first-order valence-corrected chi connectivity index (χ1v) is 10.4. The molecule has 4 nitrogen and oxygen atoms in total. The zero-order chi connectivity index (χ0) is 16.7. The van der Waals surface area contributed by atoms with Crippen LogP contribution >= 0.6 is 0 Å². The van der Waals surface area contributed by atoms with Gasteiger partial charge in [0.05, 0.1) is 0 Å². The van der Waals surface area contributed by atoms with E-state index in [2.05, 4.69) is 13.8 Å². The normalized spacial score (nSPS) is 11.2. The first-order chi connectivity index (χ1) is 11.1. The molecule has 0 aliphatic carbocycles. The molecule has 0 aromatic heterocycles. The highest BCUT2D eigenvalue weighted by Gasteiger charge is 2.40. The molecule has 0 amide bonds. The van der Waals surface area contributed by atoms with E-state index in [1.165, 1.54) is 0 Å². The van der Waals surface area contributed by atoms with Crippen molar-refractivity contribution in [2.24, 2.45) is 0 Å². The maximum Gasteiger partial charge on any atom is 0.460 e. The van der Waals surface area contributed by atoms with Gasteiger partial charge >= 0.3 is 8.56 Å². The van der Waals surface area contributed by atoms with Crippen molar-refractivity contribution in [3.63, 3.8) is 0 Å². The summed E-state index contributed by atoms with van der Waals surface area (Å²) in [7, 11) is -2.39. The molecule has 0 aliphatic heterocycles. The van der Waals surface area contributed by atoms with Crippen LogP contribution in [0.4, 0.5) is 11.4 Å². The Hall–Kier alpha value is -2.14. The van der Waals surface area contributed by atoms with Gasteiger partial charge in [0, 0.05) is 23.5 Å². The lowest BCUT2D eigenvalue weighted by Crippen LogP contribution is -2.48. The van der Waals surface area contributed by atoms with E-state index < -0.39 is 8.56 Å². The Morgan fingerprint density at radius 2 is 1.04 bits per heavy atom. The number of nitrogen functional groups attached to an aromatic ring is 2. The van der Waals surface area contributed by atoms with E-state index in [9.17, 15) is 0 Å². The highest BCUT2D eigenvalue weighted by atomic mass is 28.4. The van der Waals surface area contributed by atoms with Crippen LogP contribution in [0.15, 0.2) is 48.5 Å². The number of hydrogen-bond donors (Lipinski definition) is 2. The Morgan fingerprint density at radius 3 is 1.35 bits per heavy atom. The van der Waals surface area contributed by atoms with Crippen LogP contribution in [-0.2, 0) is 0 Å². The van der Waals surface area contributed by atoms with E-state index >= 15 is 0 Å². The third-order valence-electron chi connectivity index (χ3n) is 3.63. The Kier molecular flexibility index (Phi) is 5.93. The summed E-state index contributed by atoms with van der Waals surface area (Å²) in [6.07, 6.45) is 2.05. The van der Waals surface area contributed by atoms with Crippen molar-refractivity contribution in [2.45, 2.75) is 38.8 Å². The lowest BCUT2D eigenvalue weighted by atomic mass is 10.3. The lowest BCUT2D eigenvalue weighted by molar-refractivity contribution is 0.375. The van der Waals surface area contributed by atoms with Crippen molar-refractivity contribution in [1.29, 1.82) is 0 Å². The maximum atomic E-state index is 6.40. The summed E-state index contributed by atoms with van der Waals surface area (Å²) in [5.41, 5.74) is 13.0. The average Bonchev–Trinajstić information content (AvgIpc) is 2.52. The van der Waals surface area contributed by atoms with E-state index in [-0.39, 0.29) is 0 Å². The van der Waals surface area contributed by atoms with Gasteiger partial charge in [-0.15, -0.1) is 0 Å². The molecule has 0 atom stereocenters. The zero-order valence-corrected chi connectivity index (χ0v) is 14.9. The molecule has 124 valence electrons. The number of rotatable bonds is 8. The lowest BCUT2D eigenvalue weighted by Gasteiger charge is -2.31. The van der Waals surface area contributed by atoms with Gasteiger partial charge in [0.25, 0.3) is 0 Å². The number of nitrogens with two attached hydrogens (primary N) is 2. The van der Waals surface area contributed by atoms with E-state index in [1.54, 1.807) is 0 Å². The molecular weight excluding hydrogens is 304 g/mol. The third-order valence-corrected chi connectivity index (χ3v) is 7.37. The maximum absolute atomic E-state index is 6.40. The predicted octanol–water partition coefficient (Wildman–Crippen LogP) is 4.57. The van der Waals surface area contributed by atoms with Crippen LogP contribution in [0.2, 0.25) is 12.1 Å². The van der Waals surface area contributed by atoms with Gasteiger partial charge in [-0.25, -0.2) is 0 Å². The average molecular weight is 331 g/mol. The molecule has 4 N–H and O–H groups in total. The van der Waals surface area contributed by atoms with Crippen LogP contribution in [0.3, 0.4) is 0 Å². The molecule has 0 spiro atoms. The molecule has 2 rings (SSSR count). The van der Waals surface area contributed by atoms with Crippen molar-refractivity contribution in [3.05, 3.63) is 48.5 Å². The molecule has 0 fully saturated rings. The molecule has 2 aromatic rings. The second kappa shape index (κ2) is 7.92. The van der Waals surface area contributed by atoms with E-state index in [0.717, 1.165) is 47.8 Å². The van der Waals surface area contributed by atoms with Gasteiger partial charge in [-0.1, -0.05) is 26.7 Å². The van der Waals surface area contributed by atoms with Crippen LogP contribution in [0.5, 0.6) is 11.5 Å². The minimum absolute atomic E-state index is 0.732. The summed E-state index contributed by atoms with van der Waals surface area (Å²) in [5.74, 6) is 1.64. The van der Waals surface area contributed by atoms with Gasteiger partial charge in [-0.3, -0.25) is 0 Å². The summed E-state index contributed by atoms with van der Waals surface area (Å²) >= 11 is 0. The third kappa shape index (κ3) is 4.92. The van der Waals surface area contributed by atoms with Crippen molar-refractivity contribution in [2.75, 3.05) is 11.5 Å². The molecule has 0 bridgehead atoms. The number of benzene rings is 2. The van der Waals surface area contributed by atoms with E-state index in [4.69, 9.17) is 20.3 Å². The fourth-order valence-corrected chi connectivity index (χ4v) is 5.97. The molecule has 23 heavy (non-hydrogen) atoms. The Balaban J connectivity index is 2.25. The van der Waals surface area contributed by atoms with Crippen molar-refractivity contribution >= 4 is 19.9 Å². The smallest absolute Gasteiger partial charge is 0.460 e. The summed E-state index contributed by atoms with van der Waals surface area (Å²) in [4.78, 5) is 0. The molecule has 0 saturated carbocycles. The molecule has 0 heterocycles. The van der Waals surface area contributed by atoms with Crippen LogP contribution in [0, 0.1) is 0 Å². The van der Waals surface area contributed by atoms with E-state index in [1.807, 2.05) is 48.5 Å². The zero-order valence-electron chi connectivity index (χ0n) is 13.9.